The fourth-order valence-electron chi connectivity index (χ4n) is 4.71. The van der Waals surface area contributed by atoms with E-state index in [1.807, 2.05) is 0 Å². The first-order valence-corrected chi connectivity index (χ1v) is 17.5. The van der Waals surface area contributed by atoms with Gasteiger partial charge in [-0.15, -0.1) is 0 Å². The van der Waals surface area contributed by atoms with Gasteiger partial charge in [-0.3, -0.25) is 0 Å². The van der Waals surface area contributed by atoms with Crippen LogP contribution >= 0.6 is 46.4 Å². The molecule has 0 aromatic heterocycles. The minimum atomic E-state index is -1.73. The first-order valence-electron chi connectivity index (χ1n) is 16.0. The highest BCUT2D eigenvalue weighted by molar-refractivity contribution is 6.42. The van der Waals surface area contributed by atoms with E-state index in [1.54, 1.807) is 41.5 Å². The van der Waals surface area contributed by atoms with Crippen LogP contribution in [0.15, 0.2) is 0 Å². The third-order valence-corrected chi connectivity index (χ3v) is 9.18. The Morgan fingerprint density at radius 3 is 0.893 bits per heavy atom. The molecule has 0 spiro atoms. The molecule has 0 aliphatic heterocycles. The molecule has 312 valence electrons. The van der Waals surface area contributed by atoms with Crippen molar-refractivity contribution < 1.29 is 52.7 Å². The minimum Gasteiger partial charge on any atom is -0.394 e. The Morgan fingerprint density at radius 2 is 0.536 bits per heavy atom. The van der Waals surface area contributed by atoms with E-state index in [9.17, 15) is 52.7 Å². The zero-order valence-electron chi connectivity index (χ0n) is 30.7. The fraction of sp³-hybridized carbons (Fsp3) is 0.333. The van der Waals surface area contributed by atoms with Gasteiger partial charge in [0.05, 0.1) is 15.1 Å². The summed E-state index contributed by atoms with van der Waals surface area (Å²) in [4.78, 5) is 0. The van der Waals surface area contributed by atoms with Crippen LogP contribution in [0.1, 0.15) is 101 Å². The van der Waals surface area contributed by atoms with E-state index in [1.165, 1.54) is 13.8 Å². The summed E-state index contributed by atoms with van der Waals surface area (Å²) in [6.45, 7) is 12.7. The van der Waals surface area contributed by atoms with Crippen molar-refractivity contribution in [3.05, 3.63) is 112 Å². The predicted octanol–water partition coefficient (Wildman–Crippen LogP) is 13.9. The average Bonchev–Trinajstić information content (AvgIpc) is 3.11. The molecule has 0 fully saturated rings. The second-order valence-electron chi connectivity index (χ2n) is 13.0. The van der Waals surface area contributed by atoms with Gasteiger partial charge < -0.3 is 22.9 Å². The van der Waals surface area contributed by atoms with Gasteiger partial charge in [-0.1, -0.05) is 102 Å². The molecule has 0 bridgehead atoms. The van der Waals surface area contributed by atoms with E-state index in [0.717, 1.165) is 0 Å². The first kappa shape index (κ1) is 50.4. The maximum atomic E-state index is 13.4. The lowest BCUT2D eigenvalue weighted by atomic mass is 10.0. The van der Waals surface area contributed by atoms with Crippen LogP contribution in [-0.2, 0) is 0 Å². The molecule has 0 unspecified atom stereocenters. The van der Waals surface area contributed by atoms with E-state index in [4.69, 9.17) is 69.3 Å². The zero-order valence-corrected chi connectivity index (χ0v) is 33.7. The van der Waals surface area contributed by atoms with E-state index in [0.29, 0.717) is 0 Å². The predicted molar refractivity (Wildman–Crippen MR) is 199 cm³/mol. The summed E-state index contributed by atoms with van der Waals surface area (Å²) >= 11 is 22.0. The molecule has 0 radical (unpaired) electrons. The molecule has 0 heterocycles. The number of benzene rings is 4. The number of anilines is 4. The Kier molecular flexibility index (Phi) is 18.2. The summed E-state index contributed by atoms with van der Waals surface area (Å²) in [5.41, 5.74) is 16.4. The number of hydrogen-bond donors (Lipinski definition) is 4. The molecule has 0 aliphatic carbocycles. The Morgan fingerprint density at radius 1 is 0.268 bits per heavy atom. The molecule has 0 amide bonds. The van der Waals surface area contributed by atoms with Crippen molar-refractivity contribution >= 4 is 69.2 Å². The van der Waals surface area contributed by atoms with Crippen LogP contribution in [0, 0.1) is 69.8 Å². The van der Waals surface area contributed by atoms with Crippen LogP contribution in [0.3, 0.4) is 0 Å². The van der Waals surface area contributed by atoms with Crippen LogP contribution in [0.4, 0.5) is 75.4 Å². The Balaban J connectivity index is 0.000000373. The van der Waals surface area contributed by atoms with Gasteiger partial charge in [-0.2, -0.15) is 0 Å². The molecule has 20 heteroatoms. The standard InChI is InChI=1S/C9H9Cl2F2N.2C9H9ClF3N.C9H9F4N/c1-3(2)4-5(10)6(11)8(13)9(14)7(4)12;1-3(2)4-6(11)5(10)8(13)9(14)7(4)12;2*1-3(2)4-5(10)7(12)8(13)9(14)6(4)11/h4*3H,14H2,1-2H3. The van der Waals surface area contributed by atoms with E-state index in [2.05, 4.69) is 0 Å². The lowest BCUT2D eigenvalue weighted by molar-refractivity contribution is 0.424. The van der Waals surface area contributed by atoms with Crippen molar-refractivity contribution in [2.75, 3.05) is 22.9 Å². The number of rotatable bonds is 4. The topological polar surface area (TPSA) is 104 Å². The summed E-state index contributed by atoms with van der Waals surface area (Å²) < 4.78 is 157. The van der Waals surface area contributed by atoms with E-state index >= 15 is 0 Å². The summed E-state index contributed by atoms with van der Waals surface area (Å²) in [7, 11) is 0. The van der Waals surface area contributed by atoms with E-state index in [-0.39, 0.29) is 38.6 Å². The molecular weight excluding hydrogens is 858 g/mol. The van der Waals surface area contributed by atoms with Crippen LogP contribution in [0.2, 0.25) is 20.1 Å². The first-order chi connectivity index (χ1) is 25.5. The third kappa shape index (κ3) is 10.5. The maximum absolute atomic E-state index is 13.4. The molecule has 4 aromatic rings. The largest absolute Gasteiger partial charge is 0.394 e. The molecule has 0 aliphatic rings. The summed E-state index contributed by atoms with van der Waals surface area (Å²) in [6.07, 6.45) is 0. The lowest BCUT2D eigenvalue weighted by Crippen LogP contribution is -2.09. The van der Waals surface area contributed by atoms with Gasteiger partial charge in [-0.25, -0.2) is 52.7 Å². The molecule has 0 atom stereocenters. The van der Waals surface area contributed by atoms with E-state index < -0.39 is 120 Å². The van der Waals surface area contributed by atoms with Crippen molar-refractivity contribution in [1.29, 1.82) is 0 Å². The number of nitrogens with two attached hydrogens (primary N) is 4. The van der Waals surface area contributed by atoms with Crippen LogP contribution < -0.4 is 22.9 Å². The normalized spacial score (nSPS) is 11.1. The molecule has 0 saturated carbocycles. The number of hydrogen-bond acceptors (Lipinski definition) is 4. The molecule has 56 heavy (non-hydrogen) atoms. The van der Waals surface area contributed by atoms with Crippen LogP contribution in [0.25, 0.3) is 0 Å². The van der Waals surface area contributed by atoms with Crippen molar-refractivity contribution in [3.8, 4) is 0 Å². The van der Waals surface area contributed by atoms with Crippen LogP contribution in [0.5, 0.6) is 0 Å². The monoisotopic (exact) mass is 892 g/mol. The Labute approximate surface area is 335 Å². The van der Waals surface area contributed by atoms with Crippen molar-refractivity contribution in [2.24, 2.45) is 0 Å². The van der Waals surface area contributed by atoms with Gasteiger partial charge in [0.1, 0.15) is 27.8 Å². The lowest BCUT2D eigenvalue weighted by Gasteiger charge is -2.13. The van der Waals surface area contributed by atoms with Crippen molar-refractivity contribution in [1.82, 2.24) is 0 Å². The number of halogens is 16. The number of nitrogen functional groups attached to an aromatic ring is 4. The summed E-state index contributed by atoms with van der Waals surface area (Å²) in [5.74, 6) is -16.7. The van der Waals surface area contributed by atoms with Gasteiger partial charge >= 0.3 is 0 Å². The Bertz CT molecular complexity index is 1690. The zero-order chi connectivity index (χ0) is 44.2. The smallest absolute Gasteiger partial charge is 0.197 e. The van der Waals surface area contributed by atoms with Gasteiger partial charge in [0.15, 0.2) is 69.8 Å². The summed E-state index contributed by atoms with van der Waals surface area (Å²) in [6, 6.07) is 0. The molecule has 4 rings (SSSR count). The highest BCUT2D eigenvalue weighted by atomic mass is 35.5. The maximum Gasteiger partial charge on any atom is 0.197 e. The highest BCUT2D eigenvalue weighted by Crippen LogP contribution is 2.39. The van der Waals surface area contributed by atoms with Gasteiger partial charge in [0, 0.05) is 22.3 Å². The second kappa shape index (κ2) is 20.2. The molecule has 8 N–H and O–H groups in total. The molecular formula is C36H36Cl4F12N4. The molecule has 0 saturated heterocycles. The second-order valence-corrected chi connectivity index (χ2v) is 14.5. The third-order valence-electron chi connectivity index (χ3n) is 7.63. The fourth-order valence-corrected chi connectivity index (χ4v) is 5.89. The van der Waals surface area contributed by atoms with Gasteiger partial charge in [-0.05, 0) is 23.7 Å². The average molecular weight is 894 g/mol. The summed E-state index contributed by atoms with van der Waals surface area (Å²) in [5, 5.41) is -1.73. The van der Waals surface area contributed by atoms with Crippen molar-refractivity contribution in [2.45, 2.75) is 79.1 Å². The van der Waals surface area contributed by atoms with Crippen LogP contribution in [-0.4, -0.2) is 0 Å². The minimum absolute atomic E-state index is 0.0944. The van der Waals surface area contributed by atoms with Crippen molar-refractivity contribution in [3.63, 3.8) is 0 Å². The SMILES string of the molecule is CC(C)c1c(F)c(N)c(F)c(Cl)c1Cl.CC(C)c1c(F)c(N)c(F)c(Cl)c1F.CC(C)c1c(F)c(N)c(F)c(F)c1Cl.CC(C)c1c(F)c(N)c(F)c(F)c1F. The molecule has 4 nitrogen and oxygen atoms in total. The van der Waals surface area contributed by atoms with Gasteiger partial charge in [0.2, 0.25) is 0 Å². The highest BCUT2D eigenvalue weighted by Gasteiger charge is 2.27. The Hall–Kier alpha value is -3.60. The molecule has 4 aromatic carbocycles. The quantitative estimate of drug-likeness (QED) is 0.0709. The van der Waals surface area contributed by atoms with Gasteiger partial charge in [0.25, 0.3) is 0 Å².